The number of hydrogen-bond donors (Lipinski definition) is 1. The number of thioether (sulfide) groups is 1. The van der Waals surface area contributed by atoms with Crippen LogP contribution in [-0.2, 0) is 4.74 Å². The molecule has 3 nitrogen and oxygen atoms in total. The summed E-state index contributed by atoms with van der Waals surface area (Å²) in [7, 11) is 0. The molecule has 3 aliphatic rings. The van der Waals surface area contributed by atoms with Crippen LogP contribution in [0, 0.1) is 11.8 Å². The molecule has 0 radical (unpaired) electrons. The molecule has 5 rings (SSSR count). The molecule has 2 aromatic rings. The summed E-state index contributed by atoms with van der Waals surface area (Å²) >= 11 is 8.18. The lowest BCUT2D eigenvalue weighted by atomic mass is 9.87. The Labute approximate surface area is 205 Å². The zero-order chi connectivity index (χ0) is 22.5. The molecule has 0 amide bonds. The molecule has 33 heavy (non-hydrogen) atoms. The highest BCUT2D eigenvalue weighted by Gasteiger charge is 2.23. The van der Waals surface area contributed by atoms with Crippen LogP contribution in [0.4, 0.5) is 0 Å². The number of rotatable bonds is 2. The van der Waals surface area contributed by atoms with Crippen molar-refractivity contribution in [3.8, 4) is 0 Å². The molecule has 170 valence electrons. The van der Waals surface area contributed by atoms with Gasteiger partial charge in [0.1, 0.15) is 0 Å². The van der Waals surface area contributed by atoms with E-state index in [0.717, 1.165) is 66.7 Å². The highest BCUT2D eigenvalue weighted by molar-refractivity contribution is 8.03. The quantitative estimate of drug-likeness (QED) is 0.493. The Balaban J connectivity index is 1.51. The first kappa shape index (κ1) is 22.7. The minimum absolute atomic E-state index is 0.359. The molecule has 2 unspecified atom stereocenters. The Morgan fingerprint density at radius 2 is 2.00 bits per heavy atom. The third kappa shape index (κ3) is 5.52. The van der Waals surface area contributed by atoms with Crippen LogP contribution in [0.15, 0.2) is 93.3 Å². The van der Waals surface area contributed by atoms with Crippen LogP contribution < -0.4 is 5.32 Å². The molecule has 5 heteroatoms. The van der Waals surface area contributed by atoms with Crippen molar-refractivity contribution >= 4 is 29.1 Å². The summed E-state index contributed by atoms with van der Waals surface area (Å²) in [4.78, 5) is 7.75. The molecule has 1 aliphatic carbocycles. The minimum Gasteiger partial charge on any atom is -0.380 e. The van der Waals surface area contributed by atoms with Crippen molar-refractivity contribution in [2.75, 3.05) is 26.3 Å². The normalized spacial score (nSPS) is 24.7. The van der Waals surface area contributed by atoms with Crippen molar-refractivity contribution in [2.24, 2.45) is 16.8 Å². The third-order valence-electron chi connectivity index (χ3n) is 6.36. The summed E-state index contributed by atoms with van der Waals surface area (Å²) in [6.07, 6.45) is 12.5. The number of fused-ring (bicyclic) bond motifs is 1. The Bertz CT molecular complexity index is 1110. The van der Waals surface area contributed by atoms with Gasteiger partial charge < -0.3 is 10.1 Å². The van der Waals surface area contributed by atoms with Crippen LogP contribution in [0.5, 0.6) is 0 Å². The number of aliphatic imine (C=N–C) groups is 1. The zero-order valence-electron chi connectivity index (χ0n) is 18.7. The van der Waals surface area contributed by atoms with Crippen molar-refractivity contribution in [3.63, 3.8) is 0 Å². The second kappa shape index (κ2) is 10.9. The van der Waals surface area contributed by atoms with Gasteiger partial charge in [0.15, 0.2) is 0 Å². The molecule has 1 saturated heterocycles. The minimum atomic E-state index is 0.359. The SMILES string of the molecule is Clc1cccc(C2=NC3=C(C/C=C\C(C4CCCNCCOC4)C=C3)Sc3ccccc32)c1. The average molecular weight is 477 g/mol. The van der Waals surface area contributed by atoms with Gasteiger partial charge in [-0.25, -0.2) is 4.99 Å². The molecule has 0 spiro atoms. The van der Waals surface area contributed by atoms with Crippen LogP contribution in [0.2, 0.25) is 5.02 Å². The van der Waals surface area contributed by atoms with Gasteiger partial charge in [0, 0.05) is 38.4 Å². The van der Waals surface area contributed by atoms with Gasteiger partial charge in [-0.1, -0.05) is 71.9 Å². The number of allylic oxidation sites excluding steroid dienone is 5. The van der Waals surface area contributed by atoms with Crippen molar-refractivity contribution in [1.29, 1.82) is 0 Å². The first-order chi connectivity index (χ1) is 16.3. The monoisotopic (exact) mass is 476 g/mol. The third-order valence-corrected chi connectivity index (χ3v) is 7.79. The Morgan fingerprint density at radius 1 is 1.06 bits per heavy atom. The van der Waals surface area contributed by atoms with E-state index in [1.165, 1.54) is 16.2 Å². The highest BCUT2D eigenvalue weighted by Crippen LogP contribution is 2.40. The van der Waals surface area contributed by atoms with Gasteiger partial charge in [-0.2, -0.15) is 0 Å². The molecule has 0 bridgehead atoms. The molecule has 2 aliphatic heterocycles. The standard InChI is InChI=1S/C28H29ClN2OS/c29-23-9-3-7-21(18-23)28-24-10-1-2-11-26(24)33-27-12-4-6-20(13-14-25(27)31-28)22-8-5-15-30-16-17-32-19-22/h1-4,6-7,9-11,13-14,18,20,22,30H,5,8,12,15-17,19H2/b6-4-,14-13?. The maximum Gasteiger partial charge on any atom is 0.0793 e. The Hall–Kier alpha value is -2.11. The van der Waals surface area contributed by atoms with E-state index in [4.69, 9.17) is 21.3 Å². The number of nitrogens with one attached hydrogen (secondary N) is 1. The van der Waals surface area contributed by atoms with E-state index in [2.05, 4.69) is 60.0 Å². The predicted molar refractivity (Wildman–Crippen MR) is 139 cm³/mol. The lowest BCUT2D eigenvalue weighted by molar-refractivity contribution is 0.0946. The topological polar surface area (TPSA) is 33.6 Å². The van der Waals surface area contributed by atoms with Gasteiger partial charge in [-0.3, -0.25) is 0 Å². The lowest BCUT2D eigenvalue weighted by Gasteiger charge is -2.22. The Morgan fingerprint density at radius 3 is 2.94 bits per heavy atom. The summed E-state index contributed by atoms with van der Waals surface area (Å²) < 4.78 is 5.96. The largest absolute Gasteiger partial charge is 0.380 e. The summed E-state index contributed by atoms with van der Waals surface area (Å²) in [5, 5.41) is 4.18. The molecule has 0 aromatic heterocycles. The molecule has 1 fully saturated rings. The number of halogens is 1. The van der Waals surface area contributed by atoms with Gasteiger partial charge in [0.2, 0.25) is 0 Å². The van der Waals surface area contributed by atoms with Gasteiger partial charge in [0.25, 0.3) is 0 Å². The van der Waals surface area contributed by atoms with Crippen molar-refractivity contribution in [3.05, 3.63) is 99.6 Å². The van der Waals surface area contributed by atoms with E-state index in [9.17, 15) is 0 Å². The van der Waals surface area contributed by atoms with Crippen molar-refractivity contribution in [1.82, 2.24) is 5.32 Å². The van der Waals surface area contributed by atoms with Crippen LogP contribution in [-0.4, -0.2) is 32.0 Å². The number of nitrogens with zero attached hydrogens (tertiary/aromatic N) is 1. The fraction of sp³-hybridized carbons (Fsp3) is 0.321. The average Bonchev–Trinajstić information content (AvgIpc) is 2.87. The van der Waals surface area contributed by atoms with Gasteiger partial charge in [-0.05, 0) is 56.0 Å². The zero-order valence-corrected chi connectivity index (χ0v) is 20.2. The first-order valence-electron chi connectivity index (χ1n) is 11.8. The number of hydrogen-bond acceptors (Lipinski definition) is 4. The van der Waals surface area contributed by atoms with Crippen LogP contribution >= 0.6 is 23.4 Å². The second-order valence-electron chi connectivity index (χ2n) is 8.67. The fourth-order valence-corrected chi connectivity index (χ4v) is 5.88. The Kier molecular flexibility index (Phi) is 7.47. The van der Waals surface area contributed by atoms with Gasteiger partial charge in [0.05, 0.1) is 24.6 Å². The molecule has 2 atom stereocenters. The summed E-state index contributed by atoms with van der Waals surface area (Å²) in [5.74, 6) is 0.851. The van der Waals surface area contributed by atoms with Gasteiger partial charge >= 0.3 is 0 Å². The van der Waals surface area contributed by atoms with Crippen molar-refractivity contribution in [2.45, 2.75) is 24.2 Å². The number of ether oxygens (including phenoxy) is 1. The second-order valence-corrected chi connectivity index (χ2v) is 10.2. The summed E-state index contributed by atoms with van der Waals surface area (Å²) in [5.41, 5.74) is 4.23. The predicted octanol–water partition coefficient (Wildman–Crippen LogP) is 6.64. The van der Waals surface area contributed by atoms with Crippen LogP contribution in [0.3, 0.4) is 0 Å². The van der Waals surface area contributed by atoms with E-state index >= 15 is 0 Å². The molecule has 2 heterocycles. The number of benzene rings is 2. The maximum absolute atomic E-state index is 6.35. The fourth-order valence-electron chi connectivity index (χ4n) is 4.60. The maximum atomic E-state index is 6.35. The summed E-state index contributed by atoms with van der Waals surface area (Å²) in [6.45, 7) is 3.61. The van der Waals surface area contributed by atoms with E-state index in [1.54, 1.807) is 0 Å². The van der Waals surface area contributed by atoms with Crippen LogP contribution in [0.1, 0.15) is 30.4 Å². The smallest absolute Gasteiger partial charge is 0.0793 e. The molecule has 0 saturated carbocycles. The lowest BCUT2D eigenvalue weighted by Crippen LogP contribution is -2.19. The van der Waals surface area contributed by atoms with Crippen molar-refractivity contribution < 1.29 is 4.74 Å². The van der Waals surface area contributed by atoms with E-state index in [0.29, 0.717) is 11.8 Å². The van der Waals surface area contributed by atoms with E-state index < -0.39 is 0 Å². The van der Waals surface area contributed by atoms with E-state index in [-0.39, 0.29) is 0 Å². The molecule has 2 aromatic carbocycles. The van der Waals surface area contributed by atoms with Crippen LogP contribution in [0.25, 0.3) is 0 Å². The molecular formula is C28H29ClN2OS. The van der Waals surface area contributed by atoms with Gasteiger partial charge in [-0.15, -0.1) is 0 Å². The first-order valence-corrected chi connectivity index (χ1v) is 13.0. The molecular weight excluding hydrogens is 448 g/mol. The summed E-state index contributed by atoms with van der Waals surface area (Å²) in [6, 6.07) is 16.5. The highest BCUT2D eigenvalue weighted by atomic mass is 35.5. The molecule has 1 N–H and O–H groups in total. The van der Waals surface area contributed by atoms with E-state index in [1.807, 2.05) is 30.0 Å².